The van der Waals surface area contributed by atoms with E-state index in [4.69, 9.17) is 4.74 Å². The molecule has 0 rings (SSSR count). The van der Waals surface area contributed by atoms with Crippen molar-refractivity contribution in [2.24, 2.45) is 0 Å². The van der Waals surface area contributed by atoms with E-state index in [0.717, 1.165) is 57.8 Å². The van der Waals surface area contributed by atoms with Crippen molar-refractivity contribution in [1.82, 2.24) is 5.32 Å². The van der Waals surface area contributed by atoms with Gasteiger partial charge in [-0.25, -0.2) is 0 Å². The van der Waals surface area contributed by atoms with Crippen molar-refractivity contribution in [1.29, 1.82) is 0 Å². The third-order valence-electron chi connectivity index (χ3n) is 11.9. The fourth-order valence-electron chi connectivity index (χ4n) is 7.99. The van der Waals surface area contributed by atoms with Crippen molar-refractivity contribution in [2.75, 3.05) is 13.2 Å². The maximum Gasteiger partial charge on any atom is 0.305 e. The van der Waals surface area contributed by atoms with Crippen LogP contribution in [-0.4, -0.2) is 47.4 Å². The van der Waals surface area contributed by atoms with Crippen LogP contribution in [0, 0.1) is 0 Å². The second kappa shape index (κ2) is 46.5. The number of unbranched alkanes of at least 4 members (excludes halogenated alkanes) is 36. The van der Waals surface area contributed by atoms with Crippen LogP contribution < -0.4 is 5.32 Å². The van der Waals surface area contributed by atoms with Crippen LogP contribution >= 0.6 is 0 Å². The van der Waals surface area contributed by atoms with Gasteiger partial charge in [0.05, 0.1) is 25.4 Å². The molecule has 0 heterocycles. The number of carbonyl (C=O) groups excluding carboxylic acids is 2. The van der Waals surface area contributed by atoms with Gasteiger partial charge in [0.15, 0.2) is 0 Å². The summed E-state index contributed by atoms with van der Waals surface area (Å²) in [4.78, 5) is 24.4. The highest BCUT2D eigenvalue weighted by Gasteiger charge is 2.20. The van der Waals surface area contributed by atoms with E-state index in [-0.39, 0.29) is 18.5 Å². The summed E-state index contributed by atoms with van der Waals surface area (Å²) in [5.41, 5.74) is 0. The number of hydrogen-bond donors (Lipinski definition) is 3. The third kappa shape index (κ3) is 42.5. The maximum atomic E-state index is 12.4. The summed E-state index contributed by atoms with van der Waals surface area (Å²) in [5, 5.41) is 23.2. The van der Waals surface area contributed by atoms with E-state index in [0.29, 0.717) is 25.9 Å². The first kappa shape index (κ1) is 54.9. The largest absolute Gasteiger partial charge is 0.466 e. The lowest BCUT2D eigenvalue weighted by Gasteiger charge is -2.22. The molecule has 0 radical (unpaired) electrons. The highest BCUT2D eigenvalue weighted by atomic mass is 16.5. The van der Waals surface area contributed by atoms with E-state index in [2.05, 4.69) is 19.2 Å². The number of esters is 1. The van der Waals surface area contributed by atoms with Gasteiger partial charge >= 0.3 is 5.97 Å². The fourth-order valence-corrected chi connectivity index (χ4v) is 7.99. The summed E-state index contributed by atoms with van der Waals surface area (Å²) in [6.45, 7) is 4.91. The predicted octanol–water partition coefficient (Wildman–Crippen LogP) is 14.8. The number of rotatable bonds is 47. The molecule has 0 aromatic carbocycles. The van der Waals surface area contributed by atoms with E-state index in [1.165, 1.54) is 193 Å². The lowest BCUT2D eigenvalue weighted by atomic mass is 10.0. The van der Waals surface area contributed by atoms with Gasteiger partial charge in [-0.1, -0.05) is 245 Å². The molecule has 6 heteroatoms. The number of nitrogens with one attached hydrogen (secondary N) is 1. The quantitative estimate of drug-likeness (QED) is 0.0421. The molecule has 0 aromatic rings. The number of amides is 1. The number of aliphatic hydroxyl groups is 2. The molecule has 6 nitrogen and oxygen atoms in total. The Hall–Kier alpha value is -1.14. The molecule has 0 aliphatic carbocycles. The second-order valence-corrected chi connectivity index (χ2v) is 17.5. The van der Waals surface area contributed by atoms with Gasteiger partial charge in [0.25, 0.3) is 0 Å². The minimum atomic E-state index is -0.677. The molecule has 0 aliphatic rings. The summed E-state index contributed by atoms with van der Waals surface area (Å²) >= 11 is 0. The van der Waals surface area contributed by atoms with Crippen LogP contribution in [0.5, 0.6) is 0 Å². The molecule has 3 N–H and O–H groups in total. The molecule has 2 atom stereocenters. The minimum Gasteiger partial charge on any atom is -0.466 e. The van der Waals surface area contributed by atoms with E-state index in [1.54, 1.807) is 0 Å². The molecule has 1 amide bonds. The molecule has 0 saturated heterocycles. The fraction of sp³-hybridized carbons (Fsp3) is 0.960. The van der Waals surface area contributed by atoms with E-state index in [1.807, 2.05) is 0 Å². The van der Waals surface area contributed by atoms with Crippen molar-refractivity contribution in [3.8, 4) is 0 Å². The van der Waals surface area contributed by atoms with Crippen LogP contribution in [0.4, 0.5) is 0 Å². The molecular formula is C50H99NO5. The number of hydrogen-bond acceptors (Lipinski definition) is 5. The van der Waals surface area contributed by atoms with Gasteiger partial charge in [0, 0.05) is 12.8 Å². The maximum absolute atomic E-state index is 12.4. The van der Waals surface area contributed by atoms with Gasteiger partial charge in [-0.05, 0) is 25.7 Å². The molecule has 0 aromatic heterocycles. The van der Waals surface area contributed by atoms with Gasteiger partial charge in [-0.15, -0.1) is 0 Å². The SMILES string of the molecule is CCCCCCCCCCCCCCCCCCCC(O)C(CO)NC(=O)CCCCCCCCCCCCOC(=O)CCCCCCCCCCCCCC. The predicted molar refractivity (Wildman–Crippen MR) is 241 cm³/mol. The van der Waals surface area contributed by atoms with Gasteiger partial charge in [-0.2, -0.15) is 0 Å². The molecule has 0 fully saturated rings. The normalized spacial score (nSPS) is 12.6. The summed E-state index contributed by atoms with van der Waals surface area (Å²) in [7, 11) is 0. The Morgan fingerprint density at radius 3 is 1.09 bits per heavy atom. The molecule has 0 bridgehead atoms. The Balaban J connectivity index is 3.47. The Labute approximate surface area is 349 Å². The number of ether oxygens (including phenoxy) is 1. The van der Waals surface area contributed by atoms with Gasteiger partial charge in [-0.3, -0.25) is 9.59 Å². The lowest BCUT2D eigenvalue weighted by Crippen LogP contribution is -2.45. The van der Waals surface area contributed by atoms with Gasteiger partial charge in [0.1, 0.15) is 0 Å². The van der Waals surface area contributed by atoms with Crippen molar-refractivity contribution >= 4 is 11.9 Å². The zero-order valence-electron chi connectivity index (χ0n) is 37.9. The molecule has 0 spiro atoms. The zero-order valence-corrected chi connectivity index (χ0v) is 37.9. The molecular weight excluding hydrogens is 695 g/mol. The molecule has 2 unspecified atom stereocenters. The first-order chi connectivity index (χ1) is 27.5. The standard InChI is InChI=1S/C50H99NO5/c1-3-5-7-9-11-13-15-17-18-19-20-21-22-26-30-34-38-42-48(53)47(46-52)51-49(54)43-39-35-31-27-24-25-29-33-37-41-45-56-50(55)44-40-36-32-28-23-16-14-12-10-8-6-4-2/h47-48,52-53H,3-46H2,1-2H3,(H,51,54). The molecule has 56 heavy (non-hydrogen) atoms. The Kier molecular flexibility index (Phi) is 45.6. The monoisotopic (exact) mass is 794 g/mol. The Morgan fingerprint density at radius 1 is 0.429 bits per heavy atom. The van der Waals surface area contributed by atoms with Gasteiger partial charge < -0.3 is 20.3 Å². The van der Waals surface area contributed by atoms with Crippen molar-refractivity contribution in [3.63, 3.8) is 0 Å². The van der Waals surface area contributed by atoms with Crippen LogP contribution in [-0.2, 0) is 14.3 Å². The Morgan fingerprint density at radius 2 is 0.732 bits per heavy atom. The van der Waals surface area contributed by atoms with E-state index < -0.39 is 12.1 Å². The Bertz CT molecular complexity index is 791. The smallest absolute Gasteiger partial charge is 0.305 e. The summed E-state index contributed by atoms with van der Waals surface area (Å²) < 4.78 is 5.44. The first-order valence-corrected chi connectivity index (χ1v) is 25.3. The highest BCUT2D eigenvalue weighted by molar-refractivity contribution is 5.76. The number of aliphatic hydroxyl groups excluding tert-OH is 2. The molecule has 0 aliphatic heterocycles. The second-order valence-electron chi connectivity index (χ2n) is 17.5. The highest BCUT2D eigenvalue weighted by Crippen LogP contribution is 2.17. The van der Waals surface area contributed by atoms with Crippen LogP contribution in [0.25, 0.3) is 0 Å². The van der Waals surface area contributed by atoms with E-state index >= 15 is 0 Å². The van der Waals surface area contributed by atoms with Crippen molar-refractivity contribution in [3.05, 3.63) is 0 Å². The number of carbonyl (C=O) groups is 2. The van der Waals surface area contributed by atoms with Crippen LogP contribution in [0.1, 0.15) is 284 Å². The summed E-state index contributed by atoms with van der Waals surface area (Å²) in [5.74, 6) is -0.0724. The average Bonchev–Trinajstić information content (AvgIpc) is 3.20. The van der Waals surface area contributed by atoms with Crippen LogP contribution in [0.3, 0.4) is 0 Å². The van der Waals surface area contributed by atoms with Crippen LogP contribution in [0.15, 0.2) is 0 Å². The topological polar surface area (TPSA) is 95.9 Å². The van der Waals surface area contributed by atoms with Crippen molar-refractivity contribution in [2.45, 2.75) is 296 Å². The summed E-state index contributed by atoms with van der Waals surface area (Å²) in [6.07, 6.45) is 50.6. The average molecular weight is 794 g/mol. The molecule has 334 valence electrons. The van der Waals surface area contributed by atoms with Crippen molar-refractivity contribution < 1.29 is 24.5 Å². The summed E-state index contributed by atoms with van der Waals surface area (Å²) in [6, 6.07) is -0.556. The minimum absolute atomic E-state index is 0.0174. The van der Waals surface area contributed by atoms with E-state index in [9.17, 15) is 19.8 Å². The lowest BCUT2D eigenvalue weighted by molar-refractivity contribution is -0.143. The zero-order chi connectivity index (χ0) is 40.8. The third-order valence-corrected chi connectivity index (χ3v) is 11.9. The first-order valence-electron chi connectivity index (χ1n) is 25.3. The van der Waals surface area contributed by atoms with Gasteiger partial charge in [0.2, 0.25) is 5.91 Å². The van der Waals surface area contributed by atoms with Crippen LogP contribution in [0.2, 0.25) is 0 Å². The molecule has 0 saturated carbocycles.